The second kappa shape index (κ2) is 4.14. The summed E-state index contributed by atoms with van der Waals surface area (Å²) in [4.78, 5) is 4.51. The number of imidazole rings is 1. The molecule has 0 aliphatic heterocycles. The average molecular weight is 257 g/mol. The van der Waals surface area contributed by atoms with E-state index in [1.54, 1.807) is 0 Å². The molecular weight excluding hydrogens is 244 g/mol. The monoisotopic (exact) mass is 256 g/mol. The molecule has 3 aromatic rings. The lowest BCUT2D eigenvalue weighted by molar-refractivity contribution is 1.08. The van der Waals surface area contributed by atoms with Crippen LogP contribution in [0.1, 0.15) is 11.3 Å². The highest BCUT2D eigenvalue weighted by Crippen LogP contribution is 2.28. The number of hydrogen-bond donors (Lipinski definition) is 0. The summed E-state index contributed by atoms with van der Waals surface area (Å²) in [6.45, 7) is 4.15. The van der Waals surface area contributed by atoms with Crippen LogP contribution in [-0.4, -0.2) is 9.38 Å². The van der Waals surface area contributed by atoms with E-state index in [4.69, 9.17) is 11.6 Å². The number of aromatic nitrogens is 2. The minimum absolute atomic E-state index is 0.553. The Kier molecular flexibility index (Phi) is 2.60. The lowest BCUT2D eigenvalue weighted by atomic mass is 10.1. The van der Waals surface area contributed by atoms with E-state index < -0.39 is 0 Å². The first-order chi connectivity index (χ1) is 8.68. The third-order valence-electron chi connectivity index (χ3n) is 3.20. The smallest absolute Gasteiger partial charge is 0.155 e. The average Bonchev–Trinajstić information content (AvgIpc) is 2.69. The van der Waals surface area contributed by atoms with Crippen molar-refractivity contribution in [2.75, 3.05) is 0 Å². The summed E-state index contributed by atoms with van der Waals surface area (Å²) >= 11 is 6.22. The zero-order valence-electron chi connectivity index (χ0n) is 10.3. The van der Waals surface area contributed by atoms with Crippen LogP contribution >= 0.6 is 11.6 Å². The fraction of sp³-hybridized carbons (Fsp3) is 0.133. The van der Waals surface area contributed by atoms with Crippen LogP contribution in [0, 0.1) is 13.8 Å². The Bertz CT molecular complexity index is 728. The Balaban J connectivity index is 2.41. The molecule has 0 amide bonds. The molecule has 3 heteroatoms. The van der Waals surface area contributed by atoms with Gasteiger partial charge in [-0.15, -0.1) is 0 Å². The Morgan fingerprint density at radius 2 is 1.78 bits per heavy atom. The zero-order valence-corrected chi connectivity index (χ0v) is 11.1. The molecule has 0 spiro atoms. The Hall–Kier alpha value is -1.80. The van der Waals surface area contributed by atoms with Crippen molar-refractivity contribution in [2.45, 2.75) is 13.8 Å². The number of benzene rings is 1. The lowest BCUT2D eigenvalue weighted by Crippen LogP contribution is -1.95. The molecule has 3 rings (SSSR count). The summed E-state index contributed by atoms with van der Waals surface area (Å²) in [5.41, 5.74) is 4.40. The van der Waals surface area contributed by atoms with E-state index in [9.17, 15) is 0 Å². The van der Waals surface area contributed by atoms with E-state index >= 15 is 0 Å². The third-order valence-corrected chi connectivity index (χ3v) is 3.48. The first kappa shape index (κ1) is 11.3. The molecule has 90 valence electrons. The first-order valence-electron chi connectivity index (χ1n) is 5.88. The van der Waals surface area contributed by atoms with Crippen molar-refractivity contribution in [3.63, 3.8) is 0 Å². The van der Waals surface area contributed by atoms with Crippen molar-refractivity contribution < 1.29 is 0 Å². The molecule has 0 N–H and O–H groups in total. The van der Waals surface area contributed by atoms with Gasteiger partial charge in [-0.3, -0.25) is 4.40 Å². The van der Waals surface area contributed by atoms with Gasteiger partial charge in [-0.1, -0.05) is 41.9 Å². The van der Waals surface area contributed by atoms with Gasteiger partial charge in [0.05, 0.1) is 5.52 Å². The minimum atomic E-state index is 0.553. The van der Waals surface area contributed by atoms with Crippen LogP contribution in [-0.2, 0) is 0 Å². The highest BCUT2D eigenvalue weighted by Gasteiger charge is 2.13. The maximum Gasteiger partial charge on any atom is 0.155 e. The summed E-state index contributed by atoms with van der Waals surface area (Å²) in [5, 5.41) is 0.553. The molecule has 0 unspecified atom stereocenters. The van der Waals surface area contributed by atoms with Gasteiger partial charge in [-0.05, 0) is 31.5 Å². The van der Waals surface area contributed by atoms with Crippen LogP contribution in [0.25, 0.3) is 16.9 Å². The van der Waals surface area contributed by atoms with Crippen molar-refractivity contribution in [1.82, 2.24) is 9.38 Å². The second-order valence-corrected chi connectivity index (χ2v) is 4.79. The highest BCUT2D eigenvalue weighted by molar-refractivity contribution is 6.32. The van der Waals surface area contributed by atoms with Crippen molar-refractivity contribution >= 4 is 17.1 Å². The molecule has 1 aromatic carbocycles. The Morgan fingerprint density at radius 1 is 1.00 bits per heavy atom. The number of aryl methyl sites for hydroxylation is 2. The van der Waals surface area contributed by atoms with Crippen molar-refractivity contribution in [1.29, 1.82) is 0 Å². The van der Waals surface area contributed by atoms with E-state index in [0.29, 0.717) is 5.15 Å². The molecule has 0 aliphatic carbocycles. The van der Waals surface area contributed by atoms with Gasteiger partial charge in [0.1, 0.15) is 5.82 Å². The number of rotatable bonds is 1. The molecular formula is C15H13ClN2. The fourth-order valence-electron chi connectivity index (χ4n) is 2.26. The molecule has 2 nitrogen and oxygen atoms in total. The Labute approximate surface area is 111 Å². The van der Waals surface area contributed by atoms with Crippen molar-refractivity contribution in [2.24, 2.45) is 0 Å². The van der Waals surface area contributed by atoms with Gasteiger partial charge < -0.3 is 0 Å². The standard InChI is InChI=1S/C15H13ClN2/c1-10-6-3-4-8-12(10)15-17-14(16)13-9-5-7-11(2)18(13)15/h3-9H,1-2H3. The van der Waals surface area contributed by atoms with Gasteiger partial charge in [0.15, 0.2) is 5.15 Å². The minimum Gasteiger partial charge on any atom is -0.295 e. The van der Waals surface area contributed by atoms with E-state index in [1.807, 2.05) is 24.3 Å². The van der Waals surface area contributed by atoms with Crippen LogP contribution in [0.4, 0.5) is 0 Å². The molecule has 0 fully saturated rings. The van der Waals surface area contributed by atoms with Crippen molar-refractivity contribution in [3.8, 4) is 11.4 Å². The summed E-state index contributed by atoms with van der Waals surface area (Å²) in [7, 11) is 0. The number of pyridine rings is 1. The molecule has 0 saturated heterocycles. The topological polar surface area (TPSA) is 17.3 Å². The van der Waals surface area contributed by atoms with Crippen molar-refractivity contribution in [3.05, 3.63) is 58.9 Å². The van der Waals surface area contributed by atoms with Gasteiger partial charge in [0, 0.05) is 11.3 Å². The molecule has 0 saturated carbocycles. The second-order valence-electron chi connectivity index (χ2n) is 4.43. The number of fused-ring (bicyclic) bond motifs is 1. The van der Waals surface area contributed by atoms with E-state index in [-0.39, 0.29) is 0 Å². The van der Waals surface area contributed by atoms with Crippen LogP contribution in [0.2, 0.25) is 5.15 Å². The quantitative estimate of drug-likeness (QED) is 0.636. The van der Waals surface area contributed by atoms with Gasteiger partial charge in [-0.2, -0.15) is 0 Å². The number of halogens is 1. The normalized spacial score (nSPS) is 11.1. The van der Waals surface area contributed by atoms with Gasteiger partial charge >= 0.3 is 0 Å². The molecule has 18 heavy (non-hydrogen) atoms. The van der Waals surface area contributed by atoms with Gasteiger partial charge in [0.25, 0.3) is 0 Å². The first-order valence-corrected chi connectivity index (χ1v) is 6.26. The summed E-state index contributed by atoms with van der Waals surface area (Å²) < 4.78 is 2.10. The Morgan fingerprint density at radius 3 is 2.56 bits per heavy atom. The summed E-state index contributed by atoms with van der Waals surface area (Å²) in [5.74, 6) is 0.909. The maximum absolute atomic E-state index is 6.22. The highest BCUT2D eigenvalue weighted by atomic mass is 35.5. The van der Waals surface area contributed by atoms with Crippen LogP contribution in [0.3, 0.4) is 0 Å². The van der Waals surface area contributed by atoms with Gasteiger partial charge in [0.2, 0.25) is 0 Å². The predicted molar refractivity (Wildman–Crippen MR) is 75.1 cm³/mol. The van der Waals surface area contributed by atoms with Crippen LogP contribution in [0.15, 0.2) is 42.5 Å². The molecule has 0 bridgehead atoms. The van der Waals surface area contributed by atoms with E-state index in [2.05, 4.69) is 41.4 Å². The SMILES string of the molecule is Cc1ccccc1-c1nc(Cl)c2cccc(C)n12. The third kappa shape index (κ3) is 1.61. The lowest BCUT2D eigenvalue weighted by Gasteiger charge is -2.07. The summed E-state index contributed by atoms with van der Waals surface area (Å²) in [6, 6.07) is 14.3. The molecule has 2 aromatic heterocycles. The van der Waals surface area contributed by atoms with Gasteiger partial charge in [-0.25, -0.2) is 4.98 Å². The summed E-state index contributed by atoms with van der Waals surface area (Å²) in [6.07, 6.45) is 0. The maximum atomic E-state index is 6.22. The van der Waals surface area contributed by atoms with Crippen LogP contribution < -0.4 is 0 Å². The zero-order chi connectivity index (χ0) is 12.7. The number of hydrogen-bond acceptors (Lipinski definition) is 1. The largest absolute Gasteiger partial charge is 0.295 e. The fourth-order valence-corrected chi connectivity index (χ4v) is 2.49. The van der Waals surface area contributed by atoms with E-state index in [0.717, 1.165) is 22.6 Å². The predicted octanol–water partition coefficient (Wildman–Crippen LogP) is 4.27. The molecule has 2 heterocycles. The van der Waals surface area contributed by atoms with E-state index in [1.165, 1.54) is 5.56 Å². The van der Waals surface area contributed by atoms with Crippen LogP contribution in [0.5, 0.6) is 0 Å². The molecule has 0 atom stereocenters. The molecule has 0 radical (unpaired) electrons. The number of nitrogens with zero attached hydrogens (tertiary/aromatic N) is 2. The molecule has 0 aliphatic rings.